The van der Waals surface area contributed by atoms with E-state index in [9.17, 15) is 9.90 Å². The third kappa shape index (κ3) is 3.77. The predicted molar refractivity (Wildman–Crippen MR) is 141 cm³/mol. The molecule has 3 atom stereocenters. The molecule has 1 aliphatic carbocycles. The monoisotopic (exact) mass is 459 g/mol. The van der Waals surface area contributed by atoms with Gasteiger partial charge in [-0.05, 0) is 45.5 Å². The largest absolute Gasteiger partial charge is 0.481 e. The van der Waals surface area contributed by atoms with Crippen molar-refractivity contribution >= 4 is 22.3 Å². The standard InChI is InChI=1S/C32H29NO2/c34-31(35)32-22-33(20-23-9-3-1-4-10-23)21-30(32)28(17-18-29(32)25-12-5-2-6-13-25)27-16-15-24-11-7-8-14-26(24)19-27/h1-17,19,29-30H,18,20-22H2,(H,34,35). The first kappa shape index (κ1) is 21.8. The number of likely N-dealkylation sites (tertiary alicyclic amines) is 1. The first-order valence-corrected chi connectivity index (χ1v) is 12.4. The number of hydrogen-bond acceptors (Lipinski definition) is 2. The molecule has 6 rings (SSSR count). The van der Waals surface area contributed by atoms with Gasteiger partial charge in [-0.3, -0.25) is 9.69 Å². The molecule has 2 aliphatic rings. The smallest absolute Gasteiger partial charge is 0.312 e. The molecule has 1 fully saturated rings. The summed E-state index contributed by atoms with van der Waals surface area (Å²) in [6.45, 7) is 2.05. The number of benzene rings is 4. The predicted octanol–water partition coefficient (Wildman–Crippen LogP) is 6.61. The van der Waals surface area contributed by atoms with Gasteiger partial charge >= 0.3 is 5.97 Å². The number of allylic oxidation sites excluding steroid dienone is 1. The lowest BCUT2D eigenvalue weighted by Gasteiger charge is -2.42. The van der Waals surface area contributed by atoms with Crippen molar-refractivity contribution in [2.24, 2.45) is 11.3 Å². The van der Waals surface area contributed by atoms with Gasteiger partial charge in [-0.2, -0.15) is 0 Å². The van der Waals surface area contributed by atoms with Crippen molar-refractivity contribution in [1.82, 2.24) is 4.90 Å². The molecule has 1 heterocycles. The molecule has 3 nitrogen and oxygen atoms in total. The van der Waals surface area contributed by atoms with E-state index in [1.807, 2.05) is 24.3 Å². The first-order chi connectivity index (χ1) is 17.1. The fraction of sp³-hybridized carbons (Fsp3) is 0.219. The van der Waals surface area contributed by atoms with E-state index >= 15 is 0 Å². The highest BCUT2D eigenvalue weighted by atomic mass is 16.4. The molecule has 1 saturated heterocycles. The van der Waals surface area contributed by atoms with Crippen LogP contribution in [-0.2, 0) is 11.3 Å². The average Bonchev–Trinajstić information content (AvgIpc) is 3.29. The van der Waals surface area contributed by atoms with E-state index in [2.05, 4.69) is 89.8 Å². The van der Waals surface area contributed by atoms with E-state index in [4.69, 9.17) is 0 Å². The normalized spacial score (nSPS) is 24.2. The maximum atomic E-state index is 13.3. The van der Waals surface area contributed by atoms with Crippen LogP contribution in [0.5, 0.6) is 0 Å². The van der Waals surface area contributed by atoms with Crippen molar-refractivity contribution in [2.75, 3.05) is 13.1 Å². The lowest BCUT2D eigenvalue weighted by Crippen LogP contribution is -2.46. The molecular weight excluding hydrogens is 430 g/mol. The fourth-order valence-electron chi connectivity index (χ4n) is 6.43. The summed E-state index contributed by atoms with van der Waals surface area (Å²) in [4.78, 5) is 15.6. The van der Waals surface area contributed by atoms with Crippen molar-refractivity contribution in [3.05, 3.63) is 126 Å². The van der Waals surface area contributed by atoms with Gasteiger partial charge in [0.2, 0.25) is 0 Å². The van der Waals surface area contributed by atoms with Crippen LogP contribution in [0.3, 0.4) is 0 Å². The van der Waals surface area contributed by atoms with E-state index in [-0.39, 0.29) is 11.8 Å². The molecule has 0 bridgehead atoms. The maximum absolute atomic E-state index is 13.3. The Balaban J connectivity index is 1.46. The van der Waals surface area contributed by atoms with Gasteiger partial charge in [-0.15, -0.1) is 0 Å². The first-order valence-electron chi connectivity index (χ1n) is 12.4. The van der Waals surface area contributed by atoms with Gasteiger partial charge in [0, 0.05) is 31.5 Å². The number of aliphatic carboxylic acids is 1. The third-order valence-corrected chi connectivity index (χ3v) is 8.05. The molecule has 0 aromatic heterocycles. The summed E-state index contributed by atoms with van der Waals surface area (Å²) < 4.78 is 0. The van der Waals surface area contributed by atoms with E-state index in [0.29, 0.717) is 6.54 Å². The molecule has 4 aromatic carbocycles. The maximum Gasteiger partial charge on any atom is 0.312 e. The topological polar surface area (TPSA) is 40.5 Å². The minimum Gasteiger partial charge on any atom is -0.481 e. The van der Waals surface area contributed by atoms with Crippen LogP contribution >= 0.6 is 0 Å². The molecule has 1 aliphatic heterocycles. The highest BCUT2D eigenvalue weighted by Gasteiger charge is 2.59. The Kier molecular flexibility index (Phi) is 5.50. The summed E-state index contributed by atoms with van der Waals surface area (Å²) in [5.74, 6) is -0.821. The van der Waals surface area contributed by atoms with Gasteiger partial charge in [0.15, 0.2) is 0 Å². The fourth-order valence-corrected chi connectivity index (χ4v) is 6.43. The zero-order chi connectivity index (χ0) is 23.8. The van der Waals surface area contributed by atoms with Crippen LogP contribution in [0, 0.1) is 11.3 Å². The van der Waals surface area contributed by atoms with Gasteiger partial charge in [0.1, 0.15) is 0 Å². The lowest BCUT2D eigenvalue weighted by atomic mass is 9.59. The van der Waals surface area contributed by atoms with Crippen molar-refractivity contribution < 1.29 is 9.90 Å². The van der Waals surface area contributed by atoms with E-state index in [1.165, 1.54) is 21.9 Å². The van der Waals surface area contributed by atoms with Crippen LogP contribution in [0.4, 0.5) is 0 Å². The number of carboxylic acids is 1. The number of hydrogen-bond donors (Lipinski definition) is 1. The number of carbonyl (C=O) groups is 1. The molecule has 0 spiro atoms. The zero-order valence-electron chi connectivity index (χ0n) is 19.7. The molecule has 0 saturated carbocycles. The summed E-state index contributed by atoms with van der Waals surface area (Å²) in [6.07, 6.45) is 3.05. The second kappa shape index (κ2) is 8.83. The molecule has 0 radical (unpaired) electrons. The minimum absolute atomic E-state index is 0.0591. The molecule has 1 N–H and O–H groups in total. The second-order valence-electron chi connectivity index (χ2n) is 9.97. The second-order valence-corrected chi connectivity index (χ2v) is 9.97. The van der Waals surface area contributed by atoms with Crippen LogP contribution < -0.4 is 0 Å². The number of fused-ring (bicyclic) bond motifs is 2. The Morgan fingerprint density at radius 2 is 1.51 bits per heavy atom. The van der Waals surface area contributed by atoms with Gasteiger partial charge in [0.05, 0.1) is 5.41 Å². The molecule has 35 heavy (non-hydrogen) atoms. The Bertz CT molecular complexity index is 1400. The minimum atomic E-state index is -0.869. The summed E-state index contributed by atoms with van der Waals surface area (Å²) >= 11 is 0. The van der Waals surface area contributed by atoms with Crippen molar-refractivity contribution in [3.63, 3.8) is 0 Å². The van der Waals surface area contributed by atoms with Gasteiger partial charge in [-0.25, -0.2) is 0 Å². The molecule has 174 valence electrons. The van der Waals surface area contributed by atoms with Gasteiger partial charge in [0.25, 0.3) is 0 Å². The molecule has 4 aromatic rings. The highest BCUT2D eigenvalue weighted by Crippen LogP contribution is 2.57. The number of nitrogens with zero attached hydrogens (tertiary/aromatic N) is 1. The summed E-state index contributed by atoms with van der Waals surface area (Å²) in [7, 11) is 0. The van der Waals surface area contributed by atoms with Crippen LogP contribution in [0.2, 0.25) is 0 Å². The van der Waals surface area contributed by atoms with Crippen molar-refractivity contribution in [2.45, 2.75) is 18.9 Å². The molecular formula is C32H29NO2. The van der Waals surface area contributed by atoms with E-state index in [1.54, 1.807) is 0 Å². The summed E-state index contributed by atoms with van der Waals surface area (Å²) in [5, 5.41) is 13.3. The van der Waals surface area contributed by atoms with Gasteiger partial charge in [-0.1, -0.05) is 103 Å². The number of carboxylic acid groups (broad SMARTS) is 1. The quantitative estimate of drug-likeness (QED) is 0.365. The Hall–Kier alpha value is -3.69. The zero-order valence-corrected chi connectivity index (χ0v) is 19.7. The van der Waals surface area contributed by atoms with Crippen LogP contribution in [-0.4, -0.2) is 29.1 Å². The highest BCUT2D eigenvalue weighted by molar-refractivity contribution is 5.89. The lowest BCUT2D eigenvalue weighted by molar-refractivity contribution is -0.151. The molecule has 3 unspecified atom stereocenters. The summed E-state index contributed by atoms with van der Waals surface area (Å²) in [5.41, 5.74) is 3.80. The van der Waals surface area contributed by atoms with Crippen LogP contribution in [0.25, 0.3) is 16.3 Å². The SMILES string of the molecule is O=C(O)C12CN(Cc3ccccc3)CC1C(c1ccc3ccccc3c1)=CCC2c1ccccc1. The van der Waals surface area contributed by atoms with Gasteiger partial charge < -0.3 is 5.11 Å². The average molecular weight is 460 g/mol. The molecule has 3 heteroatoms. The summed E-state index contributed by atoms with van der Waals surface area (Å²) in [6, 6.07) is 35.6. The van der Waals surface area contributed by atoms with Crippen molar-refractivity contribution in [1.29, 1.82) is 0 Å². The van der Waals surface area contributed by atoms with E-state index in [0.717, 1.165) is 30.6 Å². The Morgan fingerprint density at radius 3 is 2.26 bits per heavy atom. The third-order valence-electron chi connectivity index (χ3n) is 8.05. The number of rotatable bonds is 5. The Labute approximate surface area is 206 Å². The van der Waals surface area contributed by atoms with E-state index < -0.39 is 11.4 Å². The van der Waals surface area contributed by atoms with Crippen LogP contribution in [0.15, 0.2) is 109 Å². The Morgan fingerprint density at radius 1 is 0.829 bits per heavy atom. The molecule has 0 amide bonds. The van der Waals surface area contributed by atoms with Crippen molar-refractivity contribution in [3.8, 4) is 0 Å². The van der Waals surface area contributed by atoms with Crippen LogP contribution in [0.1, 0.15) is 29.0 Å².